The number of hydrogen-bond donors (Lipinski definition) is 1. The van der Waals surface area contributed by atoms with Crippen molar-refractivity contribution in [2.75, 3.05) is 19.6 Å². The van der Waals surface area contributed by atoms with Crippen molar-refractivity contribution in [3.8, 4) is 11.5 Å². The molecule has 0 unspecified atom stereocenters. The summed E-state index contributed by atoms with van der Waals surface area (Å²) in [6.45, 7) is 2.06. The number of nitrogens with zero attached hydrogens (tertiary/aromatic N) is 1. The number of carboxylic acid groups (broad SMARTS) is 1. The van der Waals surface area contributed by atoms with Crippen LogP contribution in [0.1, 0.15) is 12.8 Å². The van der Waals surface area contributed by atoms with Gasteiger partial charge in [0, 0.05) is 19.5 Å². The van der Waals surface area contributed by atoms with Gasteiger partial charge in [-0.25, -0.2) is 0 Å². The van der Waals surface area contributed by atoms with E-state index in [1.807, 2.05) is 0 Å². The lowest BCUT2D eigenvalue weighted by Gasteiger charge is -2.38. The Morgan fingerprint density at radius 3 is 2.36 bits per heavy atom. The topological polar surface area (TPSA) is 59.0 Å². The molecule has 22 heavy (non-hydrogen) atoms. The number of carbonyl (C=O) groups is 1. The molecule has 1 N–H and O–H groups in total. The van der Waals surface area contributed by atoms with Gasteiger partial charge in [0.2, 0.25) is 0 Å². The molecule has 0 amide bonds. The first kappa shape index (κ1) is 16.4. The third-order valence-electron chi connectivity index (χ3n) is 3.15. The molecule has 0 aliphatic carbocycles. The van der Waals surface area contributed by atoms with Crippen molar-refractivity contribution in [3.63, 3.8) is 0 Å². The predicted molar refractivity (Wildman–Crippen MR) is 70.9 cm³/mol. The number of hydrogen-bond acceptors (Lipinski definition) is 4. The van der Waals surface area contributed by atoms with Gasteiger partial charge in [0.15, 0.2) is 0 Å². The van der Waals surface area contributed by atoms with Crippen LogP contribution in [0.2, 0.25) is 0 Å². The third-order valence-corrected chi connectivity index (χ3v) is 3.15. The molecular weight excluding hydrogens is 303 g/mol. The molecule has 0 bridgehead atoms. The van der Waals surface area contributed by atoms with Crippen LogP contribution in [0, 0.1) is 0 Å². The van der Waals surface area contributed by atoms with Gasteiger partial charge < -0.3 is 14.6 Å². The molecule has 0 atom stereocenters. The van der Waals surface area contributed by atoms with Gasteiger partial charge in [0.25, 0.3) is 0 Å². The van der Waals surface area contributed by atoms with Crippen molar-refractivity contribution in [3.05, 3.63) is 24.3 Å². The second-order valence-corrected chi connectivity index (χ2v) is 5.02. The summed E-state index contributed by atoms with van der Waals surface area (Å²) in [5.74, 6) is -0.622. The monoisotopic (exact) mass is 319 g/mol. The van der Waals surface area contributed by atoms with E-state index in [4.69, 9.17) is 9.84 Å². The first-order valence-corrected chi connectivity index (χ1v) is 6.78. The molecule has 0 spiro atoms. The average Bonchev–Trinajstić information content (AvgIpc) is 2.35. The van der Waals surface area contributed by atoms with Crippen LogP contribution in [-0.2, 0) is 4.79 Å². The maximum absolute atomic E-state index is 12.0. The van der Waals surface area contributed by atoms with Crippen molar-refractivity contribution in [2.24, 2.45) is 0 Å². The normalized spacial score (nSPS) is 16.1. The average molecular weight is 319 g/mol. The van der Waals surface area contributed by atoms with E-state index < -0.39 is 12.3 Å². The van der Waals surface area contributed by atoms with Crippen LogP contribution in [-0.4, -0.2) is 48.1 Å². The Morgan fingerprint density at radius 2 is 1.82 bits per heavy atom. The lowest BCUT2D eigenvalue weighted by molar-refractivity contribution is -0.274. The number of ether oxygens (including phenoxy) is 2. The number of halogens is 3. The molecular formula is C14H16F3NO4. The molecule has 122 valence electrons. The van der Waals surface area contributed by atoms with Crippen LogP contribution in [0.25, 0.3) is 0 Å². The minimum atomic E-state index is -4.70. The molecule has 0 aromatic heterocycles. The highest BCUT2D eigenvalue weighted by Crippen LogP contribution is 2.26. The van der Waals surface area contributed by atoms with Crippen LogP contribution in [0.5, 0.6) is 11.5 Å². The molecule has 1 aliphatic heterocycles. The van der Waals surface area contributed by atoms with Crippen molar-refractivity contribution in [1.29, 1.82) is 0 Å². The number of aliphatic carboxylic acids is 1. The second kappa shape index (κ2) is 6.87. The Morgan fingerprint density at radius 1 is 1.23 bits per heavy atom. The van der Waals surface area contributed by atoms with Gasteiger partial charge in [-0.15, -0.1) is 13.2 Å². The lowest BCUT2D eigenvalue weighted by Crippen LogP contribution is -2.53. The number of alkyl halides is 3. The van der Waals surface area contributed by atoms with E-state index in [-0.39, 0.29) is 18.3 Å². The zero-order chi connectivity index (χ0) is 16.2. The second-order valence-electron chi connectivity index (χ2n) is 5.02. The first-order valence-electron chi connectivity index (χ1n) is 6.78. The summed E-state index contributed by atoms with van der Waals surface area (Å²) in [6, 6.07) is 5.25. The largest absolute Gasteiger partial charge is 0.573 e. The van der Waals surface area contributed by atoms with Crippen LogP contribution in [0.4, 0.5) is 13.2 Å². The Labute approximate surface area is 125 Å². The fraction of sp³-hybridized carbons (Fsp3) is 0.500. The molecule has 1 fully saturated rings. The summed E-state index contributed by atoms with van der Waals surface area (Å²) in [4.78, 5) is 12.4. The number of likely N-dealkylation sites (tertiary alicyclic amines) is 1. The summed E-state index contributed by atoms with van der Waals surface area (Å²) in [6.07, 6.45) is -4.00. The van der Waals surface area contributed by atoms with Gasteiger partial charge in [-0.05, 0) is 37.2 Å². The molecule has 8 heteroatoms. The van der Waals surface area contributed by atoms with E-state index in [0.29, 0.717) is 31.8 Å². The highest BCUT2D eigenvalue weighted by Gasteiger charge is 2.31. The van der Waals surface area contributed by atoms with Crippen LogP contribution < -0.4 is 9.47 Å². The summed E-state index contributed by atoms with van der Waals surface area (Å²) < 4.78 is 45.4. The van der Waals surface area contributed by atoms with E-state index in [2.05, 4.69) is 9.64 Å². The van der Waals surface area contributed by atoms with Crippen molar-refractivity contribution >= 4 is 5.97 Å². The molecule has 1 aliphatic rings. The predicted octanol–water partition coefficient (Wildman–Crippen LogP) is 2.51. The summed E-state index contributed by atoms with van der Waals surface area (Å²) >= 11 is 0. The van der Waals surface area contributed by atoms with Crippen molar-refractivity contribution in [1.82, 2.24) is 4.90 Å². The third kappa shape index (κ3) is 5.44. The minimum Gasteiger partial charge on any atom is -0.488 e. The first-order chi connectivity index (χ1) is 10.3. The Kier molecular flexibility index (Phi) is 5.12. The zero-order valence-corrected chi connectivity index (χ0v) is 11.7. The molecule has 5 nitrogen and oxygen atoms in total. The van der Waals surface area contributed by atoms with E-state index in [1.54, 1.807) is 0 Å². The van der Waals surface area contributed by atoms with E-state index in [9.17, 15) is 18.0 Å². The van der Waals surface area contributed by atoms with Gasteiger partial charge >= 0.3 is 12.3 Å². The SMILES string of the molecule is O=C(O)CCCN1CC(Oc2ccc(OC(F)(F)F)cc2)C1. The fourth-order valence-corrected chi connectivity index (χ4v) is 2.15. The highest BCUT2D eigenvalue weighted by molar-refractivity contribution is 5.66. The quantitative estimate of drug-likeness (QED) is 0.837. The summed E-state index contributed by atoms with van der Waals surface area (Å²) in [5, 5.41) is 8.53. The molecule has 1 aromatic carbocycles. The Bertz CT molecular complexity index is 498. The molecule has 1 aromatic rings. The van der Waals surface area contributed by atoms with Gasteiger partial charge in [-0.3, -0.25) is 9.69 Å². The van der Waals surface area contributed by atoms with Gasteiger partial charge in [0.1, 0.15) is 17.6 Å². The highest BCUT2D eigenvalue weighted by atomic mass is 19.4. The molecule has 0 radical (unpaired) electrons. The molecule has 0 saturated carbocycles. The van der Waals surface area contributed by atoms with E-state index in [0.717, 1.165) is 0 Å². The van der Waals surface area contributed by atoms with Gasteiger partial charge in [-0.1, -0.05) is 0 Å². The lowest BCUT2D eigenvalue weighted by atomic mass is 10.1. The molecule has 1 heterocycles. The van der Waals surface area contributed by atoms with Gasteiger partial charge in [0.05, 0.1) is 0 Å². The maximum atomic E-state index is 12.0. The number of rotatable bonds is 7. The van der Waals surface area contributed by atoms with Crippen molar-refractivity contribution < 1.29 is 32.5 Å². The molecule has 1 saturated heterocycles. The fourth-order valence-electron chi connectivity index (χ4n) is 2.15. The van der Waals surface area contributed by atoms with Crippen LogP contribution in [0.15, 0.2) is 24.3 Å². The Balaban J connectivity index is 1.69. The summed E-state index contributed by atoms with van der Waals surface area (Å²) in [5.41, 5.74) is 0. The Hall–Kier alpha value is -1.96. The van der Waals surface area contributed by atoms with E-state index in [1.165, 1.54) is 24.3 Å². The van der Waals surface area contributed by atoms with E-state index >= 15 is 0 Å². The minimum absolute atomic E-state index is 0.0285. The van der Waals surface area contributed by atoms with Crippen LogP contribution >= 0.6 is 0 Å². The molecule has 2 rings (SSSR count). The van der Waals surface area contributed by atoms with Crippen LogP contribution in [0.3, 0.4) is 0 Å². The maximum Gasteiger partial charge on any atom is 0.573 e. The zero-order valence-electron chi connectivity index (χ0n) is 11.7. The number of benzene rings is 1. The number of carboxylic acids is 1. The smallest absolute Gasteiger partial charge is 0.488 e. The van der Waals surface area contributed by atoms with Gasteiger partial charge in [-0.2, -0.15) is 0 Å². The summed E-state index contributed by atoms with van der Waals surface area (Å²) in [7, 11) is 0. The standard InChI is InChI=1S/C14H16F3NO4/c15-14(16,17)22-11-5-3-10(4-6-11)21-12-8-18(9-12)7-1-2-13(19)20/h3-6,12H,1-2,7-9H2,(H,19,20). The van der Waals surface area contributed by atoms with Crippen molar-refractivity contribution in [2.45, 2.75) is 25.3 Å².